The van der Waals surface area contributed by atoms with Gasteiger partial charge in [0.2, 0.25) is 0 Å². The van der Waals surface area contributed by atoms with E-state index in [1.165, 1.54) is 0 Å². The molecule has 0 fully saturated rings. The van der Waals surface area contributed by atoms with E-state index >= 15 is 0 Å². The highest BCUT2D eigenvalue weighted by molar-refractivity contribution is 14.1. The van der Waals surface area contributed by atoms with Crippen molar-refractivity contribution in [3.05, 3.63) is 0 Å². The molecule has 3 nitrogen and oxygen atoms in total. The standard InChI is InChI=1S/C3H3F4IO3S/c4-3(5,6)2(8)1-11-12(7,9)10/h2H,1H2. The van der Waals surface area contributed by atoms with Gasteiger partial charge in [-0.25, -0.2) is 4.18 Å². The summed E-state index contributed by atoms with van der Waals surface area (Å²) in [6.07, 6.45) is -4.59. The average Bonchev–Trinajstić information content (AvgIpc) is 1.78. The Kier molecular flexibility index (Phi) is 4.17. The lowest BCUT2D eigenvalue weighted by Gasteiger charge is -2.11. The maximum atomic E-state index is 11.6. The molecule has 0 aliphatic rings. The van der Waals surface area contributed by atoms with E-state index in [-0.39, 0.29) is 0 Å². The first-order chi connectivity index (χ1) is 5.13. The van der Waals surface area contributed by atoms with Crippen molar-refractivity contribution >= 4 is 33.1 Å². The fourth-order valence-corrected chi connectivity index (χ4v) is 0.958. The Morgan fingerprint density at radius 2 is 1.83 bits per heavy atom. The second-order valence-electron chi connectivity index (χ2n) is 1.69. The first-order valence-electron chi connectivity index (χ1n) is 2.43. The third-order valence-corrected chi connectivity index (χ3v) is 2.19. The topological polar surface area (TPSA) is 43.4 Å². The summed E-state index contributed by atoms with van der Waals surface area (Å²) in [7, 11) is -5.28. The minimum absolute atomic E-state index is 0.907. The summed E-state index contributed by atoms with van der Waals surface area (Å²) in [5, 5.41) is 0. The fraction of sp³-hybridized carbons (Fsp3) is 1.00. The van der Waals surface area contributed by atoms with Crippen molar-refractivity contribution in [2.75, 3.05) is 6.61 Å². The minimum atomic E-state index is -5.28. The lowest BCUT2D eigenvalue weighted by atomic mass is 10.5. The van der Waals surface area contributed by atoms with E-state index in [9.17, 15) is 25.5 Å². The molecule has 0 rings (SSSR count). The van der Waals surface area contributed by atoms with E-state index in [1.54, 1.807) is 0 Å². The van der Waals surface area contributed by atoms with E-state index < -0.39 is 27.2 Å². The molecule has 0 aliphatic heterocycles. The molecule has 9 heteroatoms. The summed E-state index contributed by atoms with van der Waals surface area (Å²) in [6, 6.07) is 0. The summed E-state index contributed by atoms with van der Waals surface area (Å²) < 4.78 is 66.8. The minimum Gasteiger partial charge on any atom is -0.243 e. The van der Waals surface area contributed by atoms with Gasteiger partial charge < -0.3 is 0 Å². The van der Waals surface area contributed by atoms with Gasteiger partial charge in [0.15, 0.2) is 0 Å². The van der Waals surface area contributed by atoms with Gasteiger partial charge in [0.05, 0.1) is 6.61 Å². The molecule has 0 aromatic heterocycles. The second-order valence-corrected chi connectivity index (χ2v) is 4.21. The van der Waals surface area contributed by atoms with Gasteiger partial charge in [-0.05, 0) is 0 Å². The van der Waals surface area contributed by atoms with Gasteiger partial charge in [-0.15, -0.1) is 0 Å². The van der Waals surface area contributed by atoms with Crippen LogP contribution >= 0.6 is 22.6 Å². The molecule has 0 saturated heterocycles. The number of rotatable bonds is 3. The van der Waals surface area contributed by atoms with E-state index in [0.29, 0.717) is 0 Å². The number of alkyl halides is 4. The summed E-state index contributed by atoms with van der Waals surface area (Å²) in [6.45, 7) is -1.25. The van der Waals surface area contributed by atoms with Gasteiger partial charge >= 0.3 is 16.7 Å². The van der Waals surface area contributed by atoms with Crippen molar-refractivity contribution in [3.63, 3.8) is 0 Å². The van der Waals surface area contributed by atoms with E-state index in [4.69, 9.17) is 0 Å². The Morgan fingerprint density at radius 1 is 1.42 bits per heavy atom. The van der Waals surface area contributed by atoms with Crippen LogP contribution in [0.25, 0.3) is 0 Å². The summed E-state index contributed by atoms with van der Waals surface area (Å²) in [5.41, 5.74) is 0. The Hall–Kier alpha value is 0.360. The summed E-state index contributed by atoms with van der Waals surface area (Å²) in [4.78, 5) is 0. The molecule has 0 aromatic rings. The highest BCUT2D eigenvalue weighted by Crippen LogP contribution is 2.27. The largest absolute Gasteiger partial charge is 0.437 e. The van der Waals surface area contributed by atoms with Crippen LogP contribution in [0.2, 0.25) is 0 Å². The van der Waals surface area contributed by atoms with Crippen LogP contribution in [-0.2, 0) is 14.7 Å². The predicted molar refractivity (Wildman–Crippen MR) is 39.8 cm³/mol. The molecule has 74 valence electrons. The second kappa shape index (κ2) is 4.05. The zero-order valence-electron chi connectivity index (χ0n) is 5.31. The van der Waals surface area contributed by atoms with Crippen LogP contribution in [0.1, 0.15) is 0 Å². The van der Waals surface area contributed by atoms with Crippen LogP contribution in [0.5, 0.6) is 0 Å². The van der Waals surface area contributed by atoms with Crippen molar-refractivity contribution in [2.45, 2.75) is 10.1 Å². The molecule has 0 radical (unpaired) electrons. The molecule has 0 aliphatic carbocycles. The van der Waals surface area contributed by atoms with Crippen LogP contribution in [0, 0.1) is 0 Å². The molecular weight excluding hydrogens is 319 g/mol. The average molecular weight is 322 g/mol. The zero-order chi connectivity index (χ0) is 9.99. The monoisotopic (exact) mass is 322 g/mol. The van der Waals surface area contributed by atoms with Crippen molar-refractivity contribution in [2.24, 2.45) is 0 Å². The lowest BCUT2D eigenvalue weighted by Crippen LogP contribution is -2.28. The Balaban J connectivity index is 3.97. The molecule has 1 atom stereocenters. The van der Waals surface area contributed by atoms with Crippen LogP contribution < -0.4 is 0 Å². The first-order valence-corrected chi connectivity index (χ1v) is 4.98. The molecule has 0 saturated carbocycles. The SMILES string of the molecule is O=S(=O)(F)OCC(I)C(F)(F)F. The van der Waals surface area contributed by atoms with Gasteiger partial charge in [-0.3, -0.25) is 0 Å². The number of halogens is 5. The van der Waals surface area contributed by atoms with Crippen LogP contribution in [0.15, 0.2) is 0 Å². The van der Waals surface area contributed by atoms with Crippen molar-refractivity contribution in [1.82, 2.24) is 0 Å². The Bertz CT molecular complexity index is 234. The van der Waals surface area contributed by atoms with Gasteiger partial charge in [0.1, 0.15) is 3.92 Å². The maximum Gasteiger partial charge on any atom is 0.437 e. The number of hydrogen-bond acceptors (Lipinski definition) is 3. The quantitative estimate of drug-likeness (QED) is 0.343. The zero-order valence-corrected chi connectivity index (χ0v) is 8.28. The third kappa shape index (κ3) is 5.94. The molecule has 1 unspecified atom stereocenters. The lowest BCUT2D eigenvalue weighted by molar-refractivity contribution is -0.129. The maximum absolute atomic E-state index is 11.6. The highest BCUT2D eigenvalue weighted by atomic mass is 127. The van der Waals surface area contributed by atoms with E-state index in [0.717, 1.165) is 22.6 Å². The fourth-order valence-electron chi connectivity index (χ4n) is 0.236. The van der Waals surface area contributed by atoms with Gasteiger partial charge in [0.25, 0.3) is 0 Å². The molecule has 0 bridgehead atoms. The van der Waals surface area contributed by atoms with Crippen LogP contribution in [0.4, 0.5) is 17.1 Å². The van der Waals surface area contributed by atoms with Gasteiger partial charge in [-0.1, -0.05) is 26.5 Å². The van der Waals surface area contributed by atoms with Crippen molar-refractivity contribution in [1.29, 1.82) is 0 Å². The van der Waals surface area contributed by atoms with Crippen molar-refractivity contribution in [3.8, 4) is 0 Å². The smallest absolute Gasteiger partial charge is 0.243 e. The Morgan fingerprint density at radius 3 is 2.08 bits per heavy atom. The van der Waals surface area contributed by atoms with Crippen LogP contribution in [0.3, 0.4) is 0 Å². The normalized spacial score (nSPS) is 16.1. The summed E-state index contributed by atoms with van der Waals surface area (Å²) >= 11 is 0.907. The molecule has 0 aromatic carbocycles. The number of hydrogen-bond donors (Lipinski definition) is 0. The molecule has 0 N–H and O–H groups in total. The first kappa shape index (κ1) is 12.4. The molecule has 0 amide bonds. The van der Waals surface area contributed by atoms with Gasteiger partial charge in [0, 0.05) is 0 Å². The Labute approximate surface area is 79.6 Å². The third-order valence-electron chi connectivity index (χ3n) is 0.710. The molecule has 0 spiro atoms. The molecule has 12 heavy (non-hydrogen) atoms. The predicted octanol–water partition coefficient (Wildman–Crippen LogP) is 1.58. The highest BCUT2D eigenvalue weighted by Gasteiger charge is 2.38. The van der Waals surface area contributed by atoms with Crippen LogP contribution in [-0.4, -0.2) is 25.1 Å². The summed E-state index contributed by atoms with van der Waals surface area (Å²) in [5.74, 6) is 0. The molecular formula is C3H3F4IO3S. The van der Waals surface area contributed by atoms with E-state index in [1.807, 2.05) is 0 Å². The van der Waals surface area contributed by atoms with E-state index in [2.05, 4.69) is 4.18 Å². The van der Waals surface area contributed by atoms with Gasteiger partial charge in [-0.2, -0.15) is 21.6 Å². The molecule has 0 heterocycles. The van der Waals surface area contributed by atoms with Crippen molar-refractivity contribution < 1.29 is 29.7 Å².